The van der Waals surface area contributed by atoms with Gasteiger partial charge in [-0.15, -0.1) is 0 Å². The highest BCUT2D eigenvalue weighted by molar-refractivity contribution is 6.05. The fourth-order valence-corrected chi connectivity index (χ4v) is 9.45. The zero-order valence-electron chi connectivity index (χ0n) is 34.3. The minimum atomic E-state index is -0.689. The van der Waals surface area contributed by atoms with Crippen LogP contribution in [0.4, 0.5) is 36.3 Å². The maximum absolute atomic E-state index is 15.6. The summed E-state index contributed by atoms with van der Waals surface area (Å²) in [5.74, 6) is -1.26. The average molecular weight is 824 g/mol. The third kappa shape index (κ3) is 8.15. The molecule has 5 amide bonds. The summed E-state index contributed by atoms with van der Waals surface area (Å²) in [5, 5.41) is 14.3. The monoisotopic (exact) mass is 823 g/mol. The lowest BCUT2D eigenvalue weighted by molar-refractivity contribution is -0.136. The number of amides is 5. The first kappa shape index (κ1) is 40.8. The molecule has 3 atom stereocenters. The van der Waals surface area contributed by atoms with Crippen molar-refractivity contribution in [2.24, 2.45) is 5.92 Å². The number of ether oxygens (including phenoxy) is 1. The highest BCUT2D eigenvalue weighted by atomic mass is 19.1. The van der Waals surface area contributed by atoms with Gasteiger partial charge in [0.15, 0.2) is 0 Å². The summed E-state index contributed by atoms with van der Waals surface area (Å²) < 4.78 is 36.5. The van der Waals surface area contributed by atoms with E-state index < -0.39 is 29.6 Å². The molecule has 4 saturated heterocycles. The van der Waals surface area contributed by atoms with Gasteiger partial charge in [-0.3, -0.25) is 24.6 Å². The first-order chi connectivity index (χ1) is 28.9. The second-order valence-electron chi connectivity index (χ2n) is 16.7. The predicted octanol–water partition coefficient (Wildman–Crippen LogP) is 4.78. The molecule has 0 spiro atoms. The number of piperidine rings is 2. The van der Waals surface area contributed by atoms with Crippen LogP contribution in [0.3, 0.4) is 0 Å². The molecule has 5 aliphatic rings. The van der Waals surface area contributed by atoms with Gasteiger partial charge in [0.25, 0.3) is 5.91 Å². The minimum Gasteiger partial charge on any atom is -0.495 e. The van der Waals surface area contributed by atoms with Crippen LogP contribution in [0.25, 0.3) is 0 Å². The van der Waals surface area contributed by atoms with Crippen LogP contribution in [0.2, 0.25) is 0 Å². The molecule has 16 heteroatoms. The average Bonchev–Trinajstić information content (AvgIpc) is 3.57. The third-order valence-corrected chi connectivity index (χ3v) is 12.9. The molecular weight excluding hydrogens is 773 g/mol. The number of piperazine rings is 2. The molecule has 5 heterocycles. The predicted molar refractivity (Wildman–Crippen MR) is 222 cm³/mol. The molecular formula is C44H51F2N9O5. The standard InChI is InChI=1S/C44H51F2N9O5/c1-27-24-54(28(2)23-53(27)33-5-4-30(22-47)40(19-33)60-3)44(59)48-37-20-36(46)39(21-35(37)45)52-12-10-29(11-13-52)25-50-14-16-51(17-15-50)32-6-7-34-31(18-32)26-55(43(34)58)38-8-9-41(56)49-42(38)57/h4-7,18-21,27-29,38H,8-17,23-26H2,1-3H3,(H,48,59)(H,49,56,57)/t27-,28+,38?/m0/s1. The lowest BCUT2D eigenvalue weighted by Crippen LogP contribution is -2.59. The zero-order chi connectivity index (χ0) is 42.2. The van der Waals surface area contributed by atoms with Crippen molar-refractivity contribution in [2.45, 2.75) is 64.2 Å². The van der Waals surface area contributed by atoms with Crippen LogP contribution >= 0.6 is 0 Å². The van der Waals surface area contributed by atoms with Crippen LogP contribution in [-0.4, -0.2) is 123 Å². The number of fused-ring (bicyclic) bond motifs is 1. The normalized spacial score (nSPS) is 22.8. The number of nitrogens with zero attached hydrogens (tertiary/aromatic N) is 7. The van der Waals surface area contributed by atoms with Crippen LogP contribution in [0.1, 0.15) is 61.0 Å². The van der Waals surface area contributed by atoms with Crippen molar-refractivity contribution >= 4 is 46.5 Å². The molecule has 3 aromatic carbocycles. The Morgan fingerprint density at radius 2 is 1.62 bits per heavy atom. The summed E-state index contributed by atoms with van der Waals surface area (Å²) in [6, 6.07) is 14.2. The van der Waals surface area contributed by atoms with E-state index in [2.05, 4.69) is 37.5 Å². The molecule has 8 rings (SSSR count). The van der Waals surface area contributed by atoms with Gasteiger partial charge in [0.2, 0.25) is 11.8 Å². The Bertz CT molecular complexity index is 2220. The number of imide groups is 1. The molecule has 5 aliphatic heterocycles. The lowest BCUT2D eigenvalue weighted by atomic mass is 9.95. The number of halogens is 2. The summed E-state index contributed by atoms with van der Waals surface area (Å²) in [6.45, 7) is 10.6. The lowest BCUT2D eigenvalue weighted by Gasteiger charge is -2.45. The number of anilines is 4. The quantitative estimate of drug-likeness (QED) is 0.305. The summed E-state index contributed by atoms with van der Waals surface area (Å²) in [5.41, 5.74) is 3.85. The van der Waals surface area contributed by atoms with Crippen molar-refractivity contribution < 1.29 is 32.7 Å². The van der Waals surface area contributed by atoms with E-state index >= 15 is 8.78 Å². The van der Waals surface area contributed by atoms with E-state index in [9.17, 15) is 24.4 Å². The van der Waals surface area contributed by atoms with Gasteiger partial charge in [-0.25, -0.2) is 13.6 Å². The Morgan fingerprint density at radius 3 is 2.33 bits per heavy atom. The molecule has 0 aromatic heterocycles. The van der Waals surface area contributed by atoms with E-state index in [1.165, 1.54) is 13.2 Å². The summed E-state index contributed by atoms with van der Waals surface area (Å²) >= 11 is 0. The Kier molecular flexibility index (Phi) is 11.5. The molecule has 3 aromatic rings. The van der Waals surface area contributed by atoms with Crippen molar-refractivity contribution in [1.82, 2.24) is 20.0 Å². The number of carbonyl (C=O) groups excluding carboxylic acids is 4. The molecule has 0 bridgehead atoms. The maximum Gasteiger partial charge on any atom is 0.322 e. The number of methoxy groups -OCH3 is 1. The fraction of sp³-hybridized carbons (Fsp3) is 0.477. The van der Waals surface area contributed by atoms with Crippen molar-refractivity contribution in [1.29, 1.82) is 5.26 Å². The number of nitrogens with one attached hydrogen (secondary N) is 2. The number of carbonyl (C=O) groups is 4. The molecule has 14 nitrogen and oxygen atoms in total. The third-order valence-electron chi connectivity index (χ3n) is 12.9. The van der Waals surface area contributed by atoms with Crippen LogP contribution in [0, 0.1) is 28.9 Å². The summed E-state index contributed by atoms with van der Waals surface area (Å²) in [6.07, 6.45) is 2.25. The second-order valence-corrected chi connectivity index (χ2v) is 16.7. The van der Waals surface area contributed by atoms with Crippen molar-refractivity contribution in [3.8, 4) is 11.8 Å². The number of nitriles is 1. The molecule has 60 heavy (non-hydrogen) atoms. The van der Waals surface area contributed by atoms with Gasteiger partial charge in [-0.05, 0) is 74.9 Å². The Labute approximate surface area is 348 Å². The fourth-order valence-electron chi connectivity index (χ4n) is 9.45. The van der Waals surface area contributed by atoms with Crippen LogP contribution < -0.4 is 30.1 Å². The van der Waals surface area contributed by atoms with Gasteiger partial charge in [0.1, 0.15) is 29.5 Å². The Balaban J connectivity index is 0.800. The van der Waals surface area contributed by atoms with Crippen molar-refractivity contribution in [3.05, 3.63) is 76.9 Å². The van der Waals surface area contributed by atoms with Crippen LogP contribution in [-0.2, 0) is 16.1 Å². The van der Waals surface area contributed by atoms with E-state index in [0.717, 1.165) is 68.6 Å². The van der Waals surface area contributed by atoms with Crippen molar-refractivity contribution in [2.75, 3.05) is 86.0 Å². The second kappa shape index (κ2) is 17.0. The van der Waals surface area contributed by atoms with E-state index in [-0.39, 0.29) is 41.7 Å². The van der Waals surface area contributed by atoms with E-state index in [1.54, 1.807) is 15.9 Å². The summed E-state index contributed by atoms with van der Waals surface area (Å²) in [4.78, 5) is 62.6. The smallest absolute Gasteiger partial charge is 0.322 e. The molecule has 2 N–H and O–H groups in total. The van der Waals surface area contributed by atoms with Crippen LogP contribution in [0.15, 0.2) is 48.5 Å². The SMILES string of the molecule is COc1cc(N2C[C@@H](C)N(C(=O)Nc3cc(F)c(N4CCC(CN5CCN(c6ccc7c(c6)CN(C6CCC(=O)NC6=O)C7=O)CC5)CC4)cc3F)C[C@@H]2C)ccc1C#N. The van der Waals surface area contributed by atoms with Gasteiger partial charge in [-0.1, -0.05) is 0 Å². The Hall–Kier alpha value is -5.95. The topological polar surface area (TPSA) is 145 Å². The molecule has 4 fully saturated rings. The minimum absolute atomic E-state index is 0.0893. The molecule has 316 valence electrons. The van der Waals surface area contributed by atoms with Crippen molar-refractivity contribution in [3.63, 3.8) is 0 Å². The zero-order valence-corrected chi connectivity index (χ0v) is 34.3. The van der Waals surface area contributed by atoms with Crippen LogP contribution in [0.5, 0.6) is 5.75 Å². The van der Waals surface area contributed by atoms with E-state index in [1.807, 2.05) is 43.0 Å². The van der Waals surface area contributed by atoms with Gasteiger partial charge < -0.3 is 34.6 Å². The maximum atomic E-state index is 15.6. The summed E-state index contributed by atoms with van der Waals surface area (Å²) in [7, 11) is 1.52. The number of urea groups is 1. The van der Waals surface area contributed by atoms with Gasteiger partial charge in [0.05, 0.1) is 24.0 Å². The number of hydrogen-bond acceptors (Lipinski definition) is 10. The molecule has 0 saturated carbocycles. The highest BCUT2D eigenvalue weighted by Gasteiger charge is 2.40. The number of benzene rings is 3. The highest BCUT2D eigenvalue weighted by Crippen LogP contribution is 2.34. The van der Waals surface area contributed by atoms with E-state index in [4.69, 9.17) is 4.74 Å². The molecule has 1 unspecified atom stereocenters. The van der Waals surface area contributed by atoms with E-state index in [0.29, 0.717) is 61.9 Å². The van der Waals surface area contributed by atoms with Gasteiger partial charge in [-0.2, -0.15) is 5.26 Å². The first-order valence-corrected chi connectivity index (χ1v) is 20.8. The van der Waals surface area contributed by atoms with Gasteiger partial charge >= 0.3 is 6.03 Å². The number of hydrogen-bond donors (Lipinski definition) is 2. The number of rotatable bonds is 8. The largest absolute Gasteiger partial charge is 0.495 e. The first-order valence-electron chi connectivity index (χ1n) is 20.8. The molecule has 0 radical (unpaired) electrons. The molecule has 0 aliphatic carbocycles. The Morgan fingerprint density at radius 1 is 0.867 bits per heavy atom. The van der Waals surface area contributed by atoms with Gasteiger partial charge in [0, 0.05) is 119 Å².